The summed E-state index contributed by atoms with van der Waals surface area (Å²) in [5, 5.41) is 3.29. The number of ether oxygens (including phenoxy) is 1. The Bertz CT molecular complexity index is 544. The Hall–Kier alpha value is -2.30. The molecule has 0 saturated heterocycles. The summed E-state index contributed by atoms with van der Waals surface area (Å²) in [6.07, 6.45) is 1.48. The highest BCUT2D eigenvalue weighted by Crippen LogP contribution is 2.23. The molecule has 3 N–H and O–H groups in total. The molecule has 0 aliphatic heterocycles. The molecule has 1 heterocycles. The summed E-state index contributed by atoms with van der Waals surface area (Å²) in [6.45, 7) is 4.54. The van der Waals surface area contributed by atoms with Crippen molar-refractivity contribution in [2.24, 2.45) is 0 Å². The Morgan fingerprint density at radius 3 is 2.84 bits per heavy atom. The third kappa shape index (κ3) is 3.34. The van der Waals surface area contributed by atoms with Gasteiger partial charge in [0.05, 0.1) is 12.6 Å². The summed E-state index contributed by atoms with van der Waals surface area (Å²) < 4.78 is 5.34. The molecule has 2 rings (SSSR count). The van der Waals surface area contributed by atoms with Gasteiger partial charge in [-0.1, -0.05) is 18.2 Å². The fraction of sp³-hybridized carbons (Fsp3) is 0.286. The van der Waals surface area contributed by atoms with Gasteiger partial charge in [-0.3, -0.25) is 0 Å². The average molecular weight is 258 g/mol. The molecule has 0 fully saturated rings. The van der Waals surface area contributed by atoms with Gasteiger partial charge >= 0.3 is 0 Å². The Morgan fingerprint density at radius 2 is 2.11 bits per heavy atom. The highest BCUT2D eigenvalue weighted by Gasteiger charge is 2.09. The average Bonchev–Trinajstić information content (AvgIpc) is 2.40. The number of nitrogen functional groups attached to an aromatic ring is 1. The maximum absolute atomic E-state index is 5.96. The van der Waals surface area contributed by atoms with Gasteiger partial charge in [-0.15, -0.1) is 0 Å². The molecular formula is C14H18N4O. The molecule has 1 aromatic heterocycles. The number of para-hydroxylation sites is 1. The standard InChI is InChI=1S/C14H18N4O/c1-3-19-14-8-13(16-9-17-14)18-10(2)11-6-4-5-7-12(11)15/h4-10H,3,15H2,1-2H3,(H,16,17,18). The van der Waals surface area contributed by atoms with E-state index < -0.39 is 0 Å². The minimum absolute atomic E-state index is 0.0607. The summed E-state index contributed by atoms with van der Waals surface area (Å²) >= 11 is 0. The number of nitrogens with two attached hydrogens (primary N) is 1. The van der Waals surface area contributed by atoms with Gasteiger partial charge in [-0.05, 0) is 25.5 Å². The van der Waals surface area contributed by atoms with Crippen LogP contribution in [-0.2, 0) is 0 Å². The Kier molecular flexibility index (Phi) is 4.18. The normalized spacial score (nSPS) is 11.9. The van der Waals surface area contributed by atoms with Crippen molar-refractivity contribution in [1.82, 2.24) is 9.97 Å². The summed E-state index contributed by atoms with van der Waals surface area (Å²) in [7, 11) is 0. The smallest absolute Gasteiger partial charge is 0.218 e. The molecule has 5 heteroatoms. The van der Waals surface area contributed by atoms with Gasteiger partial charge in [-0.2, -0.15) is 0 Å². The van der Waals surface area contributed by atoms with Crippen molar-refractivity contribution >= 4 is 11.5 Å². The van der Waals surface area contributed by atoms with Crippen molar-refractivity contribution in [3.8, 4) is 5.88 Å². The molecule has 1 aromatic carbocycles. The van der Waals surface area contributed by atoms with E-state index in [1.54, 1.807) is 6.07 Å². The van der Waals surface area contributed by atoms with Crippen molar-refractivity contribution in [2.45, 2.75) is 19.9 Å². The van der Waals surface area contributed by atoms with Crippen LogP contribution >= 0.6 is 0 Å². The van der Waals surface area contributed by atoms with E-state index in [4.69, 9.17) is 10.5 Å². The summed E-state index contributed by atoms with van der Waals surface area (Å²) in [5.41, 5.74) is 7.76. The zero-order valence-corrected chi connectivity index (χ0v) is 11.1. The van der Waals surface area contributed by atoms with Crippen LogP contribution in [0.2, 0.25) is 0 Å². The van der Waals surface area contributed by atoms with E-state index in [0.29, 0.717) is 18.3 Å². The van der Waals surface area contributed by atoms with Gasteiger partial charge in [0.1, 0.15) is 12.1 Å². The first kappa shape index (κ1) is 13.1. The minimum Gasteiger partial charge on any atom is -0.478 e. The van der Waals surface area contributed by atoms with E-state index in [1.807, 2.05) is 38.1 Å². The van der Waals surface area contributed by atoms with Crippen LogP contribution in [0.1, 0.15) is 25.5 Å². The number of anilines is 2. The predicted octanol–water partition coefficient (Wildman–Crippen LogP) is 2.63. The monoisotopic (exact) mass is 258 g/mol. The van der Waals surface area contributed by atoms with Gasteiger partial charge < -0.3 is 15.8 Å². The van der Waals surface area contributed by atoms with Crippen molar-refractivity contribution in [1.29, 1.82) is 0 Å². The van der Waals surface area contributed by atoms with Crippen LogP contribution in [0.25, 0.3) is 0 Å². The fourth-order valence-electron chi connectivity index (χ4n) is 1.85. The van der Waals surface area contributed by atoms with Crippen LogP contribution in [-0.4, -0.2) is 16.6 Å². The highest BCUT2D eigenvalue weighted by atomic mass is 16.5. The Labute approximate surface area is 112 Å². The minimum atomic E-state index is 0.0607. The van der Waals surface area contributed by atoms with Crippen molar-refractivity contribution < 1.29 is 4.74 Å². The maximum atomic E-state index is 5.96. The molecule has 0 bridgehead atoms. The van der Waals surface area contributed by atoms with Crippen molar-refractivity contribution in [3.63, 3.8) is 0 Å². The quantitative estimate of drug-likeness (QED) is 0.806. The predicted molar refractivity (Wildman–Crippen MR) is 76.1 cm³/mol. The van der Waals surface area contributed by atoms with Gasteiger partial charge in [0.15, 0.2) is 0 Å². The third-order valence-corrected chi connectivity index (χ3v) is 2.76. The number of nitrogens with zero attached hydrogens (tertiary/aromatic N) is 2. The molecule has 0 aliphatic carbocycles. The lowest BCUT2D eigenvalue weighted by Gasteiger charge is -2.16. The van der Waals surface area contributed by atoms with Crippen molar-refractivity contribution in [3.05, 3.63) is 42.2 Å². The SMILES string of the molecule is CCOc1cc(NC(C)c2ccccc2N)ncn1. The third-order valence-electron chi connectivity index (χ3n) is 2.76. The first-order chi connectivity index (χ1) is 9.20. The summed E-state index contributed by atoms with van der Waals surface area (Å²) in [5.74, 6) is 1.28. The van der Waals surface area contributed by atoms with Crippen LogP contribution in [0.4, 0.5) is 11.5 Å². The molecule has 1 atom stereocenters. The number of rotatable bonds is 5. The summed E-state index contributed by atoms with van der Waals surface area (Å²) in [4.78, 5) is 8.20. The molecular weight excluding hydrogens is 240 g/mol. The molecule has 0 spiro atoms. The highest BCUT2D eigenvalue weighted by molar-refractivity contribution is 5.51. The second-order valence-corrected chi connectivity index (χ2v) is 4.17. The van der Waals surface area contributed by atoms with E-state index in [0.717, 1.165) is 11.3 Å². The number of hydrogen-bond donors (Lipinski definition) is 2. The number of nitrogens with one attached hydrogen (secondary N) is 1. The fourth-order valence-corrected chi connectivity index (χ4v) is 1.85. The van der Waals surface area contributed by atoms with Crippen LogP contribution in [0, 0.1) is 0 Å². The Morgan fingerprint density at radius 1 is 1.32 bits per heavy atom. The van der Waals surface area contributed by atoms with Crippen LogP contribution in [0.3, 0.4) is 0 Å². The Balaban J connectivity index is 2.12. The number of benzene rings is 1. The van der Waals surface area contributed by atoms with Crippen LogP contribution < -0.4 is 15.8 Å². The van der Waals surface area contributed by atoms with Gasteiger partial charge in [-0.25, -0.2) is 9.97 Å². The van der Waals surface area contributed by atoms with E-state index in [9.17, 15) is 0 Å². The molecule has 100 valence electrons. The van der Waals surface area contributed by atoms with E-state index >= 15 is 0 Å². The lowest BCUT2D eigenvalue weighted by Crippen LogP contribution is -2.10. The topological polar surface area (TPSA) is 73.1 Å². The molecule has 2 aromatic rings. The summed E-state index contributed by atoms with van der Waals surface area (Å²) in [6, 6.07) is 9.61. The maximum Gasteiger partial charge on any atom is 0.218 e. The molecule has 5 nitrogen and oxygen atoms in total. The first-order valence-corrected chi connectivity index (χ1v) is 6.26. The van der Waals surface area contributed by atoms with Gasteiger partial charge in [0.25, 0.3) is 0 Å². The lowest BCUT2D eigenvalue weighted by molar-refractivity contribution is 0.326. The van der Waals surface area contributed by atoms with Crippen LogP contribution in [0.5, 0.6) is 5.88 Å². The molecule has 0 aliphatic rings. The van der Waals surface area contributed by atoms with Gasteiger partial charge in [0.2, 0.25) is 5.88 Å². The molecule has 0 radical (unpaired) electrons. The second kappa shape index (κ2) is 6.04. The van der Waals surface area contributed by atoms with E-state index in [1.165, 1.54) is 6.33 Å². The lowest BCUT2D eigenvalue weighted by atomic mass is 10.1. The van der Waals surface area contributed by atoms with E-state index in [-0.39, 0.29) is 6.04 Å². The number of aromatic nitrogens is 2. The zero-order valence-electron chi connectivity index (χ0n) is 11.1. The second-order valence-electron chi connectivity index (χ2n) is 4.17. The molecule has 1 unspecified atom stereocenters. The first-order valence-electron chi connectivity index (χ1n) is 6.26. The molecule has 0 saturated carbocycles. The molecule has 0 amide bonds. The van der Waals surface area contributed by atoms with E-state index in [2.05, 4.69) is 15.3 Å². The number of hydrogen-bond acceptors (Lipinski definition) is 5. The zero-order chi connectivity index (χ0) is 13.7. The molecule has 19 heavy (non-hydrogen) atoms. The van der Waals surface area contributed by atoms with Crippen LogP contribution in [0.15, 0.2) is 36.7 Å². The largest absolute Gasteiger partial charge is 0.478 e. The van der Waals surface area contributed by atoms with Gasteiger partial charge in [0, 0.05) is 11.8 Å². The van der Waals surface area contributed by atoms with Crippen molar-refractivity contribution in [2.75, 3.05) is 17.7 Å².